The maximum atomic E-state index is 15.2. The Morgan fingerprint density at radius 1 is 1.00 bits per heavy atom. The van der Waals surface area contributed by atoms with Crippen LogP contribution in [0, 0.1) is 0 Å². The van der Waals surface area contributed by atoms with E-state index in [0.717, 1.165) is 28.1 Å². The van der Waals surface area contributed by atoms with Crippen molar-refractivity contribution in [2.75, 3.05) is 24.7 Å². The van der Waals surface area contributed by atoms with E-state index in [1.807, 2.05) is 0 Å². The molecule has 0 aromatic carbocycles. The van der Waals surface area contributed by atoms with Gasteiger partial charge in [0.05, 0.1) is 12.4 Å². The summed E-state index contributed by atoms with van der Waals surface area (Å²) in [7, 11) is -11.2. The third kappa shape index (κ3) is 5.54. The largest absolute Gasteiger partial charge is 0.488 e. The number of aromatic amines is 1. The molecule has 4 aliphatic rings. The number of ether oxygens (including phenoxy) is 3. The Morgan fingerprint density at radius 3 is 2.47 bits per heavy atom. The first-order valence-electron chi connectivity index (χ1n) is 14.4. The number of aliphatic hydroxyl groups excluding tert-OH is 1. The Bertz CT molecular complexity index is 2270. The predicted molar refractivity (Wildman–Crippen MR) is 155 cm³/mol. The molecule has 0 amide bonds. The number of H-pyrrole nitrogens is 1. The second kappa shape index (κ2) is 11.4. The molecule has 51 heavy (non-hydrogen) atoms. The van der Waals surface area contributed by atoms with E-state index in [1.165, 1.54) is 0 Å². The molecule has 2 saturated heterocycles. The van der Waals surface area contributed by atoms with Gasteiger partial charge in [0, 0.05) is 6.42 Å². The van der Waals surface area contributed by atoms with Crippen LogP contribution in [0.1, 0.15) is 18.9 Å². The van der Waals surface area contributed by atoms with E-state index in [4.69, 9.17) is 43.8 Å². The van der Waals surface area contributed by atoms with Crippen molar-refractivity contribution in [1.82, 2.24) is 39.0 Å². The first-order chi connectivity index (χ1) is 24.0. The van der Waals surface area contributed by atoms with Gasteiger partial charge in [0.1, 0.15) is 43.6 Å². The summed E-state index contributed by atoms with van der Waals surface area (Å²) in [6, 6.07) is 0. The van der Waals surface area contributed by atoms with Gasteiger partial charge in [-0.1, -0.05) is 0 Å². The molecule has 2 fully saturated rings. The molecule has 0 spiro atoms. The van der Waals surface area contributed by atoms with E-state index in [-0.39, 0.29) is 34.1 Å². The second-order valence-electron chi connectivity index (χ2n) is 11.6. The fourth-order valence-electron chi connectivity index (χ4n) is 6.15. The molecule has 9 atom stereocenters. The molecule has 8 heterocycles. The summed E-state index contributed by atoms with van der Waals surface area (Å²) in [6.45, 7) is -2.62. The standard InChI is InChI=1S/C23H23F3N10O13P2/c24-23(25,26)22-1-7-12(11(37)19(45-7)35-5-31-9-15(27)29-4-30-16(9)35)47-50(39,40)44-2-8-13(43-3-22)14(48-51(41,42)49-22)20(46-8)36-6-32-10-17(36)33-21(28)34-18(10)38/h4-7,11-12,14,19-20,37H,1-3H2,(H,39,40)(H,41,42)(H2,27,29,30)(H3,28,33,34,38)/t7-,11?,12?,14?,19-,20-,22?/m1/s1. The molecule has 4 aliphatic heterocycles. The fourth-order valence-corrected chi connectivity index (χ4v) is 8.27. The van der Waals surface area contributed by atoms with Crippen molar-refractivity contribution in [1.29, 1.82) is 0 Å². The third-order valence-corrected chi connectivity index (χ3v) is 10.4. The Labute approximate surface area is 279 Å². The molecular formula is C23H23F3N10O13P2. The highest BCUT2D eigenvalue weighted by atomic mass is 31.2. The number of rotatable bonds is 2. The van der Waals surface area contributed by atoms with Gasteiger partial charge in [-0.05, 0) is 0 Å². The van der Waals surface area contributed by atoms with Gasteiger partial charge in [0.15, 0.2) is 46.5 Å². The number of anilines is 2. The maximum Gasteiger partial charge on any atom is 0.474 e. The zero-order chi connectivity index (χ0) is 36.2. The number of aromatic nitrogens is 8. The van der Waals surface area contributed by atoms with E-state index in [9.17, 15) is 28.8 Å². The molecule has 4 aromatic rings. The monoisotopic (exact) mass is 766 g/mol. The number of imidazole rings is 2. The normalized spacial score (nSPS) is 35.9. The van der Waals surface area contributed by atoms with E-state index < -0.39 is 101 Å². The molecule has 0 radical (unpaired) electrons. The summed E-state index contributed by atoms with van der Waals surface area (Å²) >= 11 is 0. The summed E-state index contributed by atoms with van der Waals surface area (Å²) in [5.74, 6) is -1.75. The molecule has 23 nitrogen and oxygen atoms in total. The van der Waals surface area contributed by atoms with Crippen molar-refractivity contribution in [2.45, 2.75) is 55.1 Å². The molecule has 8 N–H and O–H groups in total. The summed E-state index contributed by atoms with van der Waals surface area (Å²) in [4.78, 5) is 55.9. The highest BCUT2D eigenvalue weighted by molar-refractivity contribution is 7.47. The number of nitrogens with zero attached hydrogens (tertiary/aromatic N) is 7. The number of phosphoric ester groups is 2. The molecule has 0 aliphatic carbocycles. The molecule has 274 valence electrons. The van der Waals surface area contributed by atoms with Crippen LogP contribution >= 0.6 is 15.6 Å². The lowest BCUT2D eigenvalue weighted by Gasteiger charge is -2.40. The van der Waals surface area contributed by atoms with Crippen LogP contribution in [0.4, 0.5) is 24.9 Å². The minimum Gasteiger partial charge on any atom is -0.488 e. The Morgan fingerprint density at radius 2 is 1.73 bits per heavy atom. The topological polar surface area (TPSA) is 319 Å². The number of nitrogens with two attached hydrogens (primary N) is 2. The summed E-state index contributed by atoms with van der Waals surface area (Å²) in [6.07, 6.45) is -15.4. The average Bonchev–Trinajstić information content (AvgIpc) is 3.78. The van der Waals surface area contributed by atoms with Crippen molar-refractivity contribution < 1.29 is 69.5 Å². The van der Waals surface area contributed by atoms with Gasteiger partial charge in [-0.3, -0.25) is 37.0 Å². The van der Waals surface area contributed by atoms with Crippen LogP contribution < -0.4 is 17.0 Å². The Balaban J connectivity index is 1.22. The van der Waals surface area contributed by atoms with Crippen molar-refractivity contribution >= 4 is 49.7 Å². The van der Waals surface area contributed by atoms with Gasteiger partial charge in [-0.2, -0.15) is 18.2 Å². The summed E-state index contributed by atoms with van der Waals surface area (Å²) < 4.78 is 112. The van der Waals surface area contributed by atoms with E-state index in [0.29, 0.717) is 0 Å². The van der Waals surface area contributed by atoms with Crippen LogP contribution in [0.2, 0.25) is 0 Å². The van der Waals surface area contributed by atoms with Gasteiger partial charge < -0.3 is 40.6 Å². The smallest absolute Gasteiger partial charge is 0.474 e. The Kier molecular flexibility index (Phi) is 7.56. The van der Waals surface area contributed by atoms with E-state index in [1.54, 1.807) is 0 Å². The molecule has 4 aromatic heterocycles. The molecular weight excluding hydrogens is 743 g/mol. The lowest BCUT2D eigenvalue weighted by atomic mass is 9.93. The lowest BCUT2D eigenvalue weighted by molar-refractivity contribution is -0.281. The number of phosphoric acid groups is 2. The third-order valence-electron chi connectivity index (χ3n) is 8.41. The van der Waals surface area contributed by atoms with E-state index >= 15 is 13.2 Å². The number of fused-ring (bicyclic) bond motifs is 5. The zero-order valence-corrected chi connectivity index (χ0v) is 26.8. The lowest BCUT2D eigenvalue weighted by Crippen LogP contribution is -2.55. The van der Waals surface area contributed by atoms with Crippen LogP contribution in [-0.2, 0) is 41.4 Å². The average molecular weight is 766 g/mol. The van der Waals surface area contributed by atoms with Gasteiger partial charge in [0.25, 0.3) is 5.56 Å². The van der Waals surface area contributed by atoms with Gasteiger partial charge in [-0.15, -0.1) is 0 Å². The maximum absolute atomic E-state index is 15.2. The number of nitrogens with one attached hydrogen (secondary N) is 1. The first kappa shape index (κ1) is 33.9. The van der Waals surface area contributed by atoms with Crippen LogP contribution in [0.3, 0.4) is 0 Å². The quantitative estimate of drug-likeness (QED) is 0.145. The fraction of sp³-hybridized carbons (Fsp3) is 0.478. The van der Waals surface area contributed by atoms with Gasteiger partial charge >= 0.3 is 21.8 Å². The number of halogens is 3. The van der Waals surface area contributed by atoms with Gasteiger partial charge in [0.2, 0.25) is 17.8 Å². The van der Waals surface area contributed by atoms with Crippen molar-refractivity contribution in [3.63, 3.8) is 0 Å². The first-order valence-corrected chi connectivity index (χ1v) is 17.4. The SMILES string of the molecule is Nc1nc2c(ncn2[C@@H]2OC3=C4OCC(C(F)(F)F)(C[C@H]5O[C@@H](n6cnc7c(N)ncnc76)C(O)C5OP(=O)(O)OC3)OP(=O)(O)OC42)c(=O)[nH]1. The van der Waals surface area contributed by atoms with E-state index in [2.05, 4.69) is 29.9 Å². The second-order valence-corrected chi connectivity index (χ2v) is 14.3. The molecule has 2 bridgehead atoms. The molecule has 6 unspecified atom stereocenters. The summed E-state index contributed by atoms with van der Waals surface area (Å²) in [5.41, 5.74) is 6.36. The van der Waals surface area contributed by atoms with Crippen LogP contribution in [0.5, 0.6) is 0 Å². The van der Waals surface area contributed by atoms with Crippen LogP contribution in [-0.4, -0.2) is 103 Å². The number of hydrogen-bond donors (Lipinski definition) is 6. The zero-order valence-electron chi connectivity index (χ0n) is 25.1. The minimum atomic E-state index is -5.82. The van der Waals surface area contributed by atoms with Crippen molar-refractivity contribution in [3.8, 4) is 0 Å². The number of nitrogen functional groups attached to an aromatic ring is 2. The number of hydrogen-bond acceptors (Lipinski definition) is 18. The number of aliphatic hydroxyl groups is 1. The molecule has 0 saturated carbocycles. The minimum absolute atomic E-state index is 0.0290. The van der Waals surface area contributed by atoms with Crippen LogP contribution in [0.15, 0.2) is 35.3 Å². The summed E-state index contributed by atoms with van der Waals surface area (Å²) in [5, 5.41) is 11.3. The highest BCUT2D eigenvalue weighted by Gasteiger charge is 2.66. The predicted octanol–water partition coefficient (Wildman–Crippen LogP) is -0.138. The number of alkyl halides is 3. The Hall–Kier alpha value is -4.23. The van der Waals surface area contributed by atoms with Crippen molar-refractivity contribution in [2.24, 2.45) is 0 Å². The van der Waals surface area contributed by atoms with Crippen molar-refractivity contribution in [3.05, 3.63) is 40.9 Å². The van der Waals surface area contributed by atoms with Gasteiger partial charge in [-0.25, -0.2) is 29.1 Å². The molecule has 8 rings (SSSR count). The van der Waals surface area contributed by atoms with Crippen LogP contribution in [0.25, 0.3) is 22.3 Å². The highest BCUT2D eigenvalue weighted by Crippen LogP contribution is 2.60. The molecule has 28 heteroatoms.